The molecule has 0 bridgehead atoms. The van der Waals surface area contributed by atoms with Crippen LogP contribution in [0.4, 0.5) is 0 Å². The van der Waals surface area contributed by atoms with E-state index in [9.17, 15) is 5.11 Å². The van der Waals surface area contributed by atoms with E-state index in [2.05, 4.69) is 13.5 Å². The Kier molecular flexibility index (Phi) is 3.09. The lowest BCUT2D eigenvalue weighted by Crippen LogP contribution is -2.17. The first-order valence-corrected chi connectivity index (χ1v) is 4.16. The fourth-order valence-corrected chi connectivity index (χ4v) is 1.30. The zero-order chi connectivity index (χ0) is 8.27. The first kappa shape index (κ1) is 8.75. The van der Waals surface area contributed by atoms with Crippen molar-refractivity contribution in [1.29, 1.82) is 0 Å². The minimum absolute atomic E-state index is 0.265. The van der Waals surface area contributed by atoms with E-state index < -0.39 is 0 Å². The molecule has 1 aliphatic heterocycles. The van der Waals surface area contributed by atoms with Gasteiger partial charge in [0.15, 0.2) is 0 Å². The quantitative estimate of drug-likeness (QED) is 0.625. The molecule has 2 heteroatoms. The summed E-state index contributed by atoms with van der Waals surface area (Å²) >= 11 is 0. The fraction of sp³-hybridized carbons (Fsp3) is 0.778. The van der Waals surface area contributed by atoms with Crippen LogP contribution >= 0.6 is 0 Å². The second kappa shape index (κ2) is 3.88. The van der Waals surface area contributed by atoms with Crippen LogP contribution in [-0.2, 0) is 4.74 Å². The van der Waals surface area contributed by atoms with Crippen LogP contribution in [0, 0.1) is 5.92 Å². The first-order chi connectivity index (χ1) is 5.24. The third kappa shape index (κ3) is 2.31. The summed E-state index contributed by atoms with van der Waals surface area (Å²) < 4.78 is 5.12. The first-order valence-electron chi connectivity index (χ1n) is 4.16. The van der Waals surface area contributed by atoms with Gasteiger partial charge in [-0.2, -0.15) is 0 Å². The molecule has 1 saturated heterocycles. The minimum atomic E-state index is -0.265. The Labute approximate surface area is 67.9 Å². The van der Waals surface area contributed by atoms with Crippen LogP contribution in [0.15, 0.2) is 12.2 Å². The average molecular weight is 156 g/mol. The van der Waals surface area contributed by atoms with Gasteiger partial charge in [0, 0.05) is 5.92 Å². The zero-order valence-corrected chi connectivity index (χ0v) is 7.05. The maximum Gasteiger partial charge on any atom is 0.0826 e. The van der Waals surface area contributed by atoms with E-state index in [1.54, 1.807) is 0 Å². The number of aliphatic hydroxyl groups is 1. The van der Waals surface area contributed by atoms with E-state index in [0.717, 1.165) is 12.8 Å². The van der Waals surface area contributed by atoms with Gasteiger partial charge in [-0.05, 0) is 12.8 Å². The van der Waals surface area contributed by atoms with Gasteiger partial charge in [0.2, 0.25) is 0 Å². The van der Waals surface area contributed by atoms with Crippen LogP contribution in [0.5, 0.6) is 0 Å². The van der Waals surface area contributed by atoms with Crippen molar-refractivity contribution in [2.75, 3.05) is 13.2 Å². The molecule has 2 nitrogen and oxygen atoms in total. The van der Waals surface area contributed by atoms with Crippen LogP contribution in [0.25, 0.3) is 0 Å². The molecule has 1 fully saturated rings. The molecule has 0 aromatic heterocycles. The number of rotatable bonds is 3. The molecule has 2 atom stereocenters. The van der Waals surface area contributed by atoms with Gasteiger partial charge in [-0.3, -0.25) is 0 Å². The summed E-state index contributed by atoms with van der Waals surface area (Å²) in [5, 5.41) is 9.37. The van der Waals surface area contributed by atoms with Crippen molar-refractivity contribution in [1.82, 2.24) is 0 Å². The number of ether oxygens (including phenoxy) is 1. The van der Waals surface area contributed by atoms with Crippen LogP contribution in [0.1, 0.15) is 19.8 Å². The molecule has 11 heavy (non-hydrogen) atoms. The van der Waals surface area contributed by atoms with Crippen molar-refractivity contribution in [3.8, 4) is 0 Å². The lowest BCUT2D eigenvalue weighted by Gasteiger charge is -2.12. The third-order valence-electron chi connectivity index (χ3n) is 2.22. The standard InChI is InChI=1S/C9H16O2/c1-3-7(2)4-8-5-11-6-9(8)10/h8-10H,2-6H2,1H3/t8-,9-/m1/s1. The lowest BCUT2D eigenvalue weighted by atomic mass is 9.96. The minimum Gasteiger partial charge on any atom is -0.390 e. The summed E-state index contributed by atoms with van der Waals surface area (Å²) in [6, 6.07) is 0. The number of hydrogen-bond donors (Lipinski definition) is 1. The van der Waals surface area contributed by atoms with Gasteiger partial charge in [-0.25, -0.2) is 0 Å². The van der Waals surface area contributed by atoms with Gasteiger partial charge in [0.25, 0.3) is 0 Å². The molecule has 0 aromatic rings. The Balaban J connectivity index is 2.30. The molecule has 64 valence electrons. The molecule has 1 aliphatic rings. The molecule has 0 radical (unpaired) electrons. The predicted octanol–water partition coefficient (Wildman–Crippen LogP) is 1.35. The Morgan fingerprint density at radius 1 is 1.64 bits per heavy atom. The molecule has 0 aromatic carbocycles. The molecule has 0 saturated carbocycles. The topological polar surface area (TPSA) is 29.5 Å². The van der Waals surface area contributed by atoms with Crippen molar-refractivity contribution in [2.24, 2.45) is 5.92 Å². The second-order valence-corrected chi connectivity index (χ2v) is 3.17. The Morgan fingerprint density at radius 3 is 2.82 bits per heavy atom. The summed E-state index contributed by atoms with van der Waals surface area (Å²) in [5.74, 6) is 0.294. The highest BCUT2D eigenvalue weighted by Crippen LogP contribution is 2.21. The summed E-state index contributed by atoms with van der Waals surface area (Å²) in [6.45, 7) is 7.19. The molecule has 1 rings (SSSR count). The molecular weight excluding hydrogens is 140 g/mol. The lowest BCUT2D eigenvalue weighted by molar-refractivity contribution is 0.118. The second-order valence-electron chi connectivity index (χ2n) is 3.17. The van der Waals surface area contributed by atoms with Crippen molar-refractivity contribution in [3.63, 3.8) is 0 Å². The third-order valence-corrected chi connectivity index (χ3v) is 2.22. The maximum atomic E-state index is 9.37. The van der Waals surface area contributed by atoms with Crippen molar-refractivity contribution in [2.45, 2.75) is 25.9 Å². The van der Waals surface area contributed by atoms with Gasteiger partial charge in [-0.1, -0.05) is 19.1 Å². The van der Waals surface area contributed by atoms with Crippen molar-refractivity contribution in [3.05, 3.63) is 12.2 Å². The Hall–Kier alpha value is -0.340. The van der Waals surface area contributed by atoms with E-state index in [1.807, 2.05) is 0 Å². The summed E-state index contributed by atoms with van der Waals surface area (Å²) in [4.78, 5) is 0. The fourth-order valence-electron chi connectivity index (χ4n) is 1.30. The highest BCUT2D eigenvalue weighted by atomic mass is 16.5. The van der Waals surface area contributed by atoms with Crippen LogP contribution in [0.3, 0.4) is 0 Å². The monoisotopic (exact) mass is 156 g/mol. The number of allylic oxidation sites excluding steroid dienone is 1. The van der Waals surface area contributed by atoms with Gasteiger partial charge in [0.1, 0.15) is 0 Å². The van der Waals surface area contributed by atoms with E-state index in [-0.39, 0.29) is 6.10 Å². The molecule has 0 amide bonds. The average Bonchev–Trinajstić information content (AvgIpc) is 2.37. The maximum absolute atomic E-state index is 9.37. The molecule has 0 spiro atoms. The van der Waals surface area contributed by atoms with Gasteiger partial charge < -0.3 is 9.84 Å². The predicted molar refractivity (Wildman–Crippen MR) is 44.4 cm³/mol. The van der Waals surface area contributed by atoms with Crippen LogP contribution in [-0.4, -0.2) is 24.4 Å². The number of hydrogen-bond acceptors (Lipinski definition) is 2. The summed E-state index contributed by atoms with van der Waals surface area (Å²) in [5.41, 5.74) is 1.21. The van der Waals surface area contributed by atoms with E-state index in [4.69, 9.17) is 4.74 Å². The van der Waals surface area contributed by atoms with E-state index >= 15 is 0 Å². The highest BCUT2D eigenvalue weighted by molar-refractivity contribution is 4.96. The summed E-state index contributed by atoms with van der Waals surface area (Å²) in [6.07, 6.45) is 1.65. The molecule has 1 heterocycles. The van der Waals surface area contributed by atoms with E-state index in [0.29, 0.717) is 19.1 Å². The normalized spacial score (nSPS) is 30.7. The van der Waals surface area contributed by atoms with Gasteiger partial charge in [0.05, 0.1) is 19.3 Å². The Morgan fingerprint density at radius 2 is 2.36 bits per heavy atom. The van der Waals surface area contributed by atoms with Crippen LogP contribution in [0.2, 0.25) is 0 Å². The molecule has 0 unspecified atom stereocenters. The SMILES string of the molecule is C=C(CC)C[C@@H]1COC[C@H]1O. The van der Waals surface area contributed by atoms with Gasteiger partial charge in [-0.15, -0.1) is 0 Å². The van der Waals surface area contributed by atoms with Crippen molar-refractivity contribution < 1.29 is 9.84 Å². The Bertz CT molecular complexity index is 142. The van der Waals surface area contributed by atoms with E-state index in [1.165, 1.54) is 5.57 Å². The number of aliphatic hydroxyl groups excluding tert-OH is 1. The highest BCUT2D eigenvalue weighted by Gasteiger charge is 2.25. The summed E-state index contributed by atoms with van der Waals surface area (Å²) in [7, 11) is 0. The van der Waals surface area contributed by atoms with Crippen molar-refractivity contribution >= 4 is 0 Å². The molecular formula is C9H16O2. The molecule has 0 aliphatic carbocycles. The smallest absolute Gasteiger partial charge is 0.0826 e. The zero-order valence-electron chi connectivity index (χ0n) is 7.05. The van der Waals surface area contributed by atoms with Gasteiger partial charge >= 0.3 is 0 Å². The molecule has 1 N–H and O–H groups in total. The largest absolute Gasteiger partial charge is 0.390 e. The van der Waals surface area contributed by atoms with Crippen LogP contribution < -0.4 is 0 Å².